The number of benzene rings is 2. The predicted octanol–water partition coefficient (Wildman–Crippen LogP) is 3.44. The molecule has 0 bridgehead atoms. The lowest BCUT2D eigenvalue weighted by Crippen LogP contribution is -2.24. The molecular weight excluding hydrogens is 452 g/mol. The number of methoxy groups -OCH3 is 1. The first-order chi connectivity index (χ1) is 16.9. The van der Waals surface area contributed by atoms with E-state index < -0.39 is 11.9 Å². The summed E-state index contributed by atoms with van der Waals surface area (Å²) in [5, 5.41) is 2.67. The molecule has 0 aliphatic heterocycles. The van der Waals surface area contributed by atoms with Crippen LogP contribution in [0.2, 0.25) is 0 Å². The zero-order chi connectivity index (χ0) is 25.2. The van der Waals surface area contributed by atoms with E-state index in [1.54, 1.807) is 51.4 Å². The van der Waals surface area contributed by atoms with Crippen molar-refractivity contribution in [3.63, 3.8) is 0 Å². The van der Waals surface area contributed by atoms with E-state index in [4.69, 9.17) is 18.9 Å². The van der Waals surface area contributed by atoms with Crippen LogP contribution >= 0.6 is 0 Å². The summed E-state index contributed by atoms with van der Waals surface area (Å²) in [5.41, 5.74) is 1.14. The molecule has 0 aliphatic rings. The van der Waals surface area contributed by atoms with Gasteiger partial charge >= 0.3 is 5.97 Å². The summed E-state index contributed by atoms with van der Waals surface area (Å²) in [6.07, 6.45) is 1.66. The van der Waals surface area contributed by atoms with Gasteiger partial charge in [-0.2, -0.15) is 0 Å². The van der Waals surface area contributed by atoms with Gasteiger partial charge in [0.15, 0.2) is 12.4 Å². The number of carbonyl (C=O) groups is 2. The van der Waals surface area contributed by atoms with E-state index in [1.807, 2.05) is 28.8 Å². The van der Waals surface area contributed by atoms with E-state index >= 15 is 0 Å². The second-order valence-corrected chi connectivity index (χ2v) is 7.45. The number of ether oxygens (including phenoxy) is 4. The fraction of sp³-hybridized carbons (Fsp3) is 0.269. The minimum absolute atomic E-state index is 0.102. The van der Waals surface area contributed by atoms with Crippen LogP contribution in [0, 0.1) is 6.92 Å². The average Bonchev–Trinajstić information content (AvgIpc) is 2.86. The first-order valence-electron chi connectivity index (χ1n) is 11.1. The van der Waals surface area contributed by atoms with Crippen LogP contribution < -0.4 is 25.0 Å². The van der Waals surface area contributed by atoms with Gasteiger partial charge in [0.25, 0.3) is 5.91 Å². The Morgan fingerprint density at radius 1 is 0.943 bits per heavy atom. The molecule has 35 heavy (non-hydrogen) atoms. The first-order valence-corrected chi connectivity index (χ1v) is 11.1. The monoisotopic (exact) mass is 480 g/mol. The van der Waals surface area contributed by atoms with Crippen molar-refractivity contribution >= 4 is 17.6 Å². The molecule has 1 amide bonds. The zero-order valence-corrected chi connectivity index (χ0v) is 19.9. The Balaban J connectivity index is 1.54. The van der Waals surface area contributed by atoms with Crippen LogP contribution in [0.5, 0.6) is 17.2 Å². The van der Waals surface area contributed by atoms with E-state index in [9.17, 15) is 14.4 Å². The van der Waals surface area contributed by atoms with Gasteiger partial charge in [0.05, 0.1) is 31.5 Å². The van der Waals surface area contributed by atoms with Gasteiger partial charge in [-0.15, -0.1) is 0 Å². The molecule has 0 saturated carbocycles. The molecule has 1 aromatic heterocycles. The van der Waals surface area contributed by atoms with Crippen LogP contribution in [0.15, 0.2) is 65.6 Å². The summed E-state index contributed by atoms with van der Waals surface area (Å²) in [5.74, 6) is 0.677. The fourth-order valence-electron chi connectivity index (χ4n) is 3.24. The number of carbonyl (C=O) groups excluding carboxylic acids is 2. The summed E-state index contributed by atoms with van der Waals surface area (Å²) in [6.45, 7) is 4.26. The highest BCUT2D eigenvalue weighted by Crippen LogP contribution is 2.18. The standard InChI is InChI=1S/C26H28N2O7/c1-4-33-26(31)19-5-7-20(8-6-19)27-24(30)17-35-25-18(2)28(14-13-23(25)29)15-16-34-22-11-9-21(32-3)10-12-22/h5-14H,4,15-17H2,1-3H3,(H,27,30). The van der Waals surface area contributed by atoms with E-state index in [0.717, 1.165) is 5.75 Å². The lowest BCUT2D eigenvalue weighted by Gasteiger charge is -2.15. The number of pyridine rings is 1. The molecule has 3 aromatic rings. The normalized spacial score (nSPS) is 10.4. The van der Waals surface area contributed by atoms with Crippen LogP contribution in [0.1, 0.15) is 23.0 Å². The molecule has 9 heteroatoms. The Morgan fingerprint density at radius 3 is 2.29 bits per heavy atom. The number of nitrogens with one attached hydrogen (secondary N) is 1. The Labute approximate surface area is 203 Å². The molecule has 0 radical (unpaired) electrons. The van der Waals surface area contributed by atoms with Crippen molar-refractivity contribution in [2.45, 2.75) is 20.4 Å². The van der Waals surface area contributed by atoms with Crippen molar-refractivity contribution in [2.75, 3.05) is 32.2 Å². The number of aromatic nitrogens is 1. The quantitative estimate of drug-likeness (QED) is 0.419. The summed E-state index contributed by atoms with van der Waals surface area (Å²) < 4.78 is 23.2. The van der Waals surface area contributed by atoms with Gasteiger partial charge in [0.1, 0.15) is 18.1 Å². The summed E-state index contributed by atoms with van der Waals surface area (Å²) in [7, 11) is 1.60. The molecule has 9 nitrogen and oxygen atoms in total. The number of amides is 1. The van der Waals surface area contributed by atoms with Crippen molar-refractivity contribution in [3.05, 3.63) is 82.3 Å². The minimum Gasteiger partial charge on any atom is -0.497 e. The van der Waals surface area contributed by atoms with Crippen LogP contribution in [0.3, 0.4) is 0 Å². The van der Waals surface area contributed by atoms with Crippen LogP contribution in [-0.4, -0.2) is 43.4 Å². The third-order valence-corrected chi connectivity index (χ3v) is 5.08. The highest BCUT2D eigenvalue weighted by atomic mass is 16.5. The summed E-state index contributed by atoms with van der Waals surface area (Å²) >= 11 is 0. The summed E-state index contributed by atoms with van der Waals surface area (Å²) in [4.78, 5) is 36.4. The number of rotatable bonds is 11. The molecule has 0 spiro atoms. The van der Waals surface area contributed by atoms with Crippen molar-refractivity contribution in [3.8, 4) is 17.2 Å². The third kappa shape index (κ3) is 7.10. The molecule has 3 rings (SSSR count). The molecule has 1 N–H and O–H groups in total. The smallest absolute Gasteiger partial charge is 0.338 e. The molecule has 184 valence electrons. The van der Waals surface area contributed by atoms with E-state index in [0.29, 0.717) is 35.8 Å². The molecule has 1 heterocycles. The number of hydrogen-bond donors (Lipinski definition) is 1. The zero-order valence-electron chi connectivity index (χ0n) is 19.9. The Hall–Kier alpha value is -4.27. The summed E-state index contributed by atoms with van der Waals surface area (Å²) in [6, 6.07) is 14.9. The molecule has 0 unspecified atom stereocenters. The number of esters is 1. The maximum absolute atomic E-state index is 12.3. The molecule has 0 atom stereocenters. The molecule has 0 aliphatic carbocycles. The SMILES string of the molecule is CCOC(=O)c1ccc(NC(=O)COc2c(C)n(CCOc3ccc(OC)cc3)ccc2=O)cc1. The Kier molecular flexibility index (Phi) is 8.89. The lowest BCUT2D eigenvalue weighted by molar-refractivity contribution is -0.118. The lowest BCUT2D eigenvalue weighted by atomic mass is 10.2. The highest BCUT2D eigenvalue weighted by molar-refractivity contribution is 5.93. The fourth-order valence-corrected chi connectivity index (χ4v) is 3.24. The largest absolute Gasteiger partial charge is 0.497 e. The van der Waals surface area contributed by atoms with Crippen LogP contribution in [0.4, 0.5) is 5.69 Å². The maximum Gasteiger partial charge on any atom is 0.338 e. The Bertz CT molecular complexity index is 1200. The van der Waals surface area contributed by atoms with Crippen molar-refractivity contribution < 1.29 is 28.5 Å². The molecular formula is C26H28N2O7. The second kappa shape index (κ2) is 12.3. The first kappa shape index (κ1) is 25.4. The average molecular weight is 481 g/mol. The third-order valence-electron chi connectivity index (χ3n) is 5.08. The van der Waals surface area contributed by atoms with E-state index in [1.165, 1.54) is 6.07 Å². The van der Waals surface area contributed by atoms with Gasteiger partial charge in [-0.05, 0) is 62.4 Å². The number of anilines is 1. The molecule has 2 aromatic carbocycles. The molecule has 0 saturated heterocycles. The predicted molar refractivity (Wildman–Crippen MR) is 130 cm³/mol. The maximum atomic E-state index is 12.3. The topological polar surface area (TPSA) is 105 Å². The van der Waals surface area contributed by atoms with Gasteiger partial charge in [-0.3, -0.25) is 9.59 Å². The van der Waals surface area contributed by atoms with Gasteiger partial charge in [0, 0.05) is 18.0 Å². The second-order valence-electron chi connectivity index (χ2n) is 7.45. The van der Waals surface area contributed by atoms with E-state index in [2.05, 4.69) is 5.32 Å². The number of hydrogen-bond acceptors (Lipinski definition) is 7. The molecule has 0 fully saturated rings. The van der Waals surface area contributed by atoms with Gasteiger partial charge in [-0.1, -0.05) is 0 Å². The highest BCUT2D eigenvalue weighted by Gasteiger charge is 2.12. The Morgan fingerprint density at radius 2 is 1.63 bits per heavy atom. The van der Waals surface area contributed by atoms with Crippen LogP contribution in [-0.2, 0) is 16.1 Å². The van der Waals surface area contributed by atoms with E-state index in [-0.39, 0.29) is 24.4 Å². The minimum atomic E-state index is -0.439. The van der Waals surface area contributed by atoms with Gasteiger partial charge in [0.2, 0.25) is 5.43 Å². The van der Waals surface area contributed by atoms with Crippen molar-refractivity contribution in [1.82, 2.24) is 4.57 Å². The van der Waals surface area contributed by atoms with Crippen molar-refractivity contribution in [1.29, 1.82) is 0 Å². The van der Waals surface area contributed by atoms with Crippen molar-refractivity contribution in [2.24, 2.45) is 0 Å². The number of nitrogens with zero attached hydrogens (tertiary/aromatic N) is 1. The van der Waals surface area contributed by atoms with Gasteiger partial charge < -0.3 is 28.8 Å². The van der Waals surface area contributed by atoms with Gasteiger partial charge in [-0.25, -0.2) is 4.79 Å². The van der Waals surface area contributed by atoms with Crippen LogP contribution in [0.25, 0.3) is 0 Å².